The highest BCUT2D eigenvalue weighted by atomic mass is 19.1. The first-order valence-electron chi connectivity index (χ1n) is 8.04. The van der Waals surface area contributed by atoms with Gasteiger partial charge in [0, 0.05) is 38.1 Å². The number of benzene rings is 1. The summed E-state index contributed by atoms with van der Waals surface area (Å²) in [6.45, 7) is 6.34. The van der Waals surface area contributed by atoms with Gasteiger partial charge in [-0.3, -0.25) is 4.68 Å². The quantitative estimate of drug-likeness (QED) is 0.885. The van der Waals surface area contributed by atoms with Crippen molar-refractivity contribution in [3.63, 3.8) is 0 Å². The van der Waals surface area contributed by atoms with E-state index < -0.39 is 0 Å². The third-order valence-corrected chi connectivity index (χ3v) is 4.04. The number of hydrogen-bond donors (Lipinski definition) is 1. The molecule has 1 N–H and O–H groups in total. The van der Waals surface area contributed by atoms with E-state index in [-0.39, 0.29) is 11.9 Å². The molecular weight excluding hydrogens is 295 g/mol. The predicted molar refractivity (Wildman–Crippen MR) is 88.0 cm³/mol. The van der Waals surface area contributed by atoms with E-state index >= 15 is 0 Å². The molecule has 2 heterocycles. The van der Waals surface area contributed by atoms with Crippen LogP contribution in [0.2, 0.25) is 0 Å². The first-order valence-corrected chi connectivity index (χ1v) is 8.04. The zero-order valence-electron chi connectivity index (χ0n) is 13.4. The molecule has 1 aromatic carbocycles. The molecule has 6 heteroatoms. The number of aromatic nitrogens is 2. The van der Waals surface area contributed by atoms with Gasteiger partial charge in [-0.1, -0.05) is 6.07 Å². The Morgan fingerprint density at radius 2 is 2.17 bits per heavy atom. The van der Waals surface area contributed by atoms with Gasteiger partial charge in [0.2, 0.25) is 0 Å². The Labute approximate surface area is 136 Å². The largest absolute Gasteiger partial charge is 0.378 e. The fourth-order valence-corrected chi connectivity index (χ4v) is 2.77. The van der Waals surface area contributed by atoms with E-state index in [1.807, 2.05) is 34.0 Å². The number of nitrogens with zero attached hydrogens (tertiary/aromatic N) is 3. The van der Waals surface area contributed by atoms with Gasteiger partial charge in [0.15, 0.2) is 0 Å². The molecule has 0 radical (unpaired) electrons. The van der Waals surface area contributed by atoms with Gasteiger partial charge < -0.3 is 15.0 Å². The molecule has 0 aliphatic carbocycles. The van der Waals surface area contributed by atoms with Crippen molar-refractivity contribution in [1.82, 2.24) is 15.1 Å². The number of hydrogen-bond acceptors (Lipinski definition) is 4. The van der Waals surface area contributed by atoms with Crippen LogP contribution in [0.4, 0.5) is 10.1 Å². The standard InChI is InChI=1S/C17H23FN4O/c1-14(13-22-6-2-5-20-22)19-12-15-3-4-17(16(18)11-15)21-7-9-23-10-8-21/h2-6,11,14,19H,7-10,12-13H2,1H3/t14-/m1/s1. The van der Waals surface area contributed by atoms with E-state index in [9.17, 15) is 4.39 Å². The molecule has 0 bridgehead atoms. The lowest BCUT2D eigenvalue weighted by molar-refractivity contribution is 0.122. The predicted octanol–water partition coefficient (Wildman–Crippen LogP) is 2.04. The summed E-state index contributed by atoms with van der Waals surface area (Å²) in [4.78, 5) is 2.04. The number of halogens is 1. The van der Waals surface area contributed by atoms with E-state index in [4.69, 9.17) is 4.74 Å². The van der Waals surface area contributed by atoms with Gasteiger partial charge in [-0.2, -0.15) is 5.10 Å². The minimum absolute atomic E-state index is 0.161. The van der Waals surface area contributed by atoms with Crippen molar-refractivity contribution >= 4 is 5.69 Å². The molecule has 23 heavy (non-hydrogen) atoms. The van der Waals surface area contributed by atoms with Crippen molar-refractivity contribution in [2.24, 2.45) is 0 Å². The maximum absolute atomic E-state index is 14.3. The molecule has 1 aliphatic heterocycles. The third-order valence-electron chi connectivity index (χ3n) is 4.04. The summed E-state index contributed by atoms with van der Waals surface area (Å²) in [5.41, 5.74) is 1.62. The van der Waals surface area contributed by atoms with Gasteiger partial charge in [-0.25, -0.2) is 4.39 Å². The van der Waals surface area contributed by atoms with Crippen molar-refractivity contribution in [3.05, 3.63) is 48.0 Å². The maximum Gasteiger partial charge on any atom is 0.146 e. The minimum atomic E-state index is -0.161. The van der Waals surface area contributed by atoms with Crippen molar-refractivity contribution in [2.45, 2.75) is 26.1 Å². The van der Waals surface area contributed by atoms with E-state index in [1.54, 1.807) is 12.3 Å². The summed E-state index contributed by atoms with van der Waals surface area (Å²) >= 11 is 0. The van der Waals surface area contributed by atoms with Crippen LogP contribution in [0.5, 0.6) is 0 Å². The second-order valence-corrected chi connectivity index (χ2v) is 5.90. The van der Waals surface area contributed by atoms with Crippen LogP contribution in [-0.4, -0.2) is 42.1 Å². The average Bonchev–Trinajstić information content (AvgIpc) is 3.07. The van der Waals surface area contributed by atoms with Crippen LogP contribution in [0.15, 0.2) is 36.7 Å². The molecule has 0 unspecified atom stereocenters. The van der Waals surface area contributed by atoms with Crippen LogP contribution in [0.25, 0.3) is 0 Å². The van der Waals surface area contributed by atoms with Crippen LogP contribution in [0.1, 0.15) is 12.5 Å². The smallest absolute Gasteiger partial charge is 0.146 e. The molecule has 1 atom stereocenters. The summed E-state index contributed by atoms with van der Waals surface area (Å²) in [7, 11) is 0. The highest BCUT2D eigenvalue weighted by molar-refractivity contribution is 5.49. The second-order valence-electron chi connectivity index (χ2n) is 5.90. The Kier molecular flexibility index (Phi) is 5.25. The maximum atomic E-state index is 14.3. The Morgan fingerprint density at radius 1 is 1.35 bits per heavy atom. The van der Waals surface area contributed by atoms with Crippen LogP contribution in [-0.2, 0) is 17.8 Å². The summed E-state index contributed by atoms with van der Waals surface area (Å²) in [6.07, 6.45) is 3.71. The lowest BCUT2D eigenvalue weighted by Crippen LogP contribution is -2.36. The fourth-order valence-electron chi connectivity index (χ4n) is 2.77. The molecule has 1 aromatic heterocycles. The topological polar surface area (TPSA) is 42.3 Å². The fraction of sp³-hybridized carbons (Fsp3) is 0.471. The molecule has 1 saturated heterocycles. The third kappa shape index (κ3) is 4.30. The monoisotopic (exact) mass is 318 g/mol. The summed E-state index contributed by atoms with van der Waals surface area (Å²) in [5, 5.41) is 7.59. The van der Waals surface area contributed by atoms with E-state index in [1.165, 1.54) is 0 Å². The second kappa shape index (κ2) is 7.57. The number of rotatable bonds is 6. The lowest BCUT2D eigenvalue weighted by Gasteiger charge is -2.29. The van der Waals surface area contributed by atoms with Gasteiger partial charge in [-0.15, -0.1) is 0 Å². The van der Waals surface area contributed by atoms with Gasteiger partial charge >= 0.3 is 0 Å². The molecule has 0 saturated carbocycles. The molecule has 0 spiro atoms. The number of nitrogens with one attached hydrogen (secondary N) is 1. The Morgan fingerprint density at radius 3 is 2.87 bits per heavy atom. The van der Waals surface area contributed by atoms with Crippen molar-refractivity contribution < 1.29 is 9.13 Å². The van der Waals surface area contributed by atoms with Gasteiger partial charge in [-0.05, 0) is 30.7 Å². The first-order chi connectivity index (χ1) is 11.2. The van der Waals surface area contributed by atoms with Crippen LogP contribution >= 0.6 is 0 Å². The zero-order valence-corrected chi connectivity index (χ0v) is 13.4. The van der Waals surface area contributed by atoms with Gasteiger partial charge in [0.25, 0.3) is 0 Å². The highest BCUT2D eigenvalue weighted by Gasteiger charge is 2.15. The number of morpholine rings is 1. The normalized spacial score (nSPS) is 16.5. The SMILES string of the molecule is C[C@H](Cn1cccn1)NCc1ccc(N2CCOCC2)c(F)c1. The van der Waals surface area contributed by atoms with E-state index in [2.05, 4.69) is 17.3 Å². The molecule has 1 aliphatic rings. The number of ether oxygens (including phenoxy) is 1. The highest BCUT2D eigenvalue weighted by Crippen LogP contribution is 2.21. The van der Waals surface area contributed by atoms with Crippen LogP contribution < -0.4 is 10.2 Å². The summed E-state index contributed by atoms with van der Waals surface area (Å²) in [5.74, 6) is -0.161. The van der Waals surface area contributed by atoms with E-state index in [0.717, 1.165) is 25.2 Å². The molecule has 124 valence electrons. The van der Waals surface area contributed by atoms with Gasteiger partial charge in [0.1, 0.15) is 5.82 Å². The first kappa shape index (κ1) is 16.0. The Balaban J connectivity index is 1.55. The average molecular weight is 318 g/mol. The van der Waals surface area contributed by atoms with Crippen LogP contribution in [0, 0.1) is 5.82 Å². The molecular formula is C17H23FN4O. The molecule has 5 nitrogen and oxygen atoms in total. The Hall–Kier alpha value is -1.92. The molecule has 3 rings (SSSR count). The molecule has 1 fully saturated rings. The van der Waals surface area contributed by atoms with E-state index in [0.29, 0.717) is 25.4 Å². The zero-order chi connectivity index (χ0) is 16.1. The lowest BCUT2D eigenvalue weighted by atomic mass is 10.1. The Bertz CT molecular complexity index is 611. The van der Waals surface area contributed by atoms with Crippen molar-refractivity contribution in [2.75, 3.05) is 31.2 Å². The summed E-state index contributed by atoms with van der Waals surface area (Å²) in [6, 6.07) is 7.65. The minimum Gasteiger partial charge on any atom is -0.378 e. The molecule has 2 aromatic rings. The van der Waals surface area contributed by atoms with Crippen molar-refractivity contribution in [1.29, 1.82) is 0 Å². The molecule has 0 amide bonds. The van der Waals surface area contributed by atoms with Crippen molar-refractivity contribution in [3.8, 4) is 0 Å². The van der Waals surface area contributed by atoms with Crippen LogP contribution in [0.3, 0.4) is 0 Å². The number of anilines is 1. The van der Waals surface area contributed by atoms with Gasteiger partial charge in [0.05, 0.1) is 25.4 Å². The summed E-state index contributed by atoms with van der Waals surface area (Å²) < 4.78 is 21.5.